The molecular formula is C10H20N4O2S. The first kappa shape index (κ1) is 14.1. The van der Waals surface area contributed by atoms with Crippen molar-refractivity contribution in [3.05, 3.63) is 12.5 Å². The molecule has 1 aromatic heterocycles. The molecule has 2 N–H and O–H groups in total. The maximum Gasteiger partial charge on any atom is 0.262 e. The highest BCUT2D eigenvalue weighted by molar-refractivity contribution is 7.89. The van der Waals surface area contributed by atoms with E-state index in [0.29, 0.717) is 19.6 Å². The Bertz CT molecular complexity index is 453. The normalized spacial score (nSPS) is 12.6. The van der Waals surface area contributed by atoms with Gasteiger partial charge in [0.15, 0.2) is 5.03 Å². The van der Waals surface area contributed by atoms with Gasteiger partial charge in [-0.05, 0) is 20.8 Å². The van der Waals surface area contributed by atoms with Crippen molar-refractivity contribution in [2.24, 2.45) is 5.73 Å². The fraction of sp³-hybridized carbons (Fsp3) is 0.700. The van der Waals surface area contributed by atoms with Crippen LogP contribution in [0, 0.1) is 0 Å². The maximum atomic E-state index is 12.3. The van der Waals surface area contributed by atoms with Gasteiger partial charge >= 0.3 is 0 Å². The van der Waals surface area contributed by atoms with Crippen molar-refractivity contribution in [2.75, 3.05) is 13.1 Å². The zero-order valence-electron chi connectivity index (χ0n) is 10.5. The summed E-state index contributed by atoms with van der Waals surface area (Å²) in [6.07, 6.45) is 3.06. The number of imidazole rings is 1. The summed E-state index contributed by atoms with van der Waals surface area (Å²) in [7, 11) is -3.53. The minimum atomic E-state index is -3.53. The highest BCUT2D eigenvalue weighted by Gasteiger charge is 2.28. The Morgan fingerprint density at radius 3 is 2.59 bits per heavy atom. The second kappa shape index (κ2) is 5.61. The predicted octanol–water partition coefficient (Wildman–Crippen LogP) is 0.261. The number of hydrogen-bond donors (Lipinski definition) is 1. The predicted molar refractivity (Wildman–Crippen MR) is 66.0 cm³/mol. The van der Waals surface area contributed by atoms with Gasteiger partial charge in [-0.2, -0.15) is 4.31 Å². The van der Waals surface area contributed by atoms with Crippen LogP contribution in [0.15, 0.2) is 17.6 Å². The van der Waals surface area contributed by atoms with E-state index >= 15 is 0 Å². The number of rotatable bonds is 6. The van der Waals surface area contributed by atoms with Gasteiger partial charge in [-0.15, -0.1) is 0 Å². The summed E-state index contributed by atoms with van der Waals surface area (Å²) in [5, 5.41) is 0.0847. The van der Waals surface area contributed by atoms with Crippen LogP contribution >= 0.6 is 0 Å². The molecule has 0 aromatic carbocycles. The first-order valence-electron chi connectivity index (χ1n) is 5.67. The summed E-state index contributed by atoms with van der Waals surface area (Å²) >= 11 is 0. The minimum absolute atomic E-state index is 0.0847. The molecule has 7 heteroatoms. The van der Waals surface area contributed by atoms with Crippen LogP contribution in [0.25, 0.3) is 0 Å². The van der Waals surface area contributed by atoms with Crippen molar-refractivity contribution < 1.29 is 8.42 Å². The van der Waals surface area contributed by atoms with Crippen LogP contribution in [0.3, 0.4) is 0 Å². The Balaban J connectivity index is 3.07. The van der Waals surface area contributed by atoms with Gasteiger partial charge < -0.3 is 10.3 Å². The van der Waals surface area contributed by atoms with Crippen LogP contribution in [-0.2, 0) is 16.6 Å². The smallest absolute Gasteiger partial charge is 0.262 e. The van der Waals surface area contributed by atoms with Gasteiger partial charge in [-0.3, -0.25) is 0 Å². The van der Waals surface area contributed by atoms with Crippen LogP contribution in [0.2, 0.25) is 0 Å². The van der Waals surface area contributed by atoms with E-state index in [1.165, 1.54) is 10.6 Å². The zero-order valence-corrected chi connectivity index (χ0v) is 11.3. The third-order valence-electron chi connectivity index (χ3n) is 2.47. The van der Waals surface area contributed by atoms with Crippen LogP contribution < -0.4 is 5.73 Å². The monoisotopic (exact) mass is 260 g/mol. The quantitative estimate of drug-likeness (QED) is 0.795. The van der Waals surface area contributed by atoms with Crippen molar-refractivity contribution in [1.82, 2.24) is 13.9 Å². The van der Waals surface area contributed by atoms with E-state index < -0.39 is 10.0 Å². The molecule has 0 amide bonds. The second-order valence-corrected chi connectivity index (χ2v) is 5.88. The standard InChI is InChI=1S/C10H20N4O2S/c1-4-13-7-10(12-8-13)17(15,16)14(6-5-11)9(2)3/h7-9H,4-6,11H2,1-3H3. The van der Waals surface area contributed by atoms with E-state index in [-0.39, 0.29) is 11.1 Å². The lowest BCUT2D eigenvalue weighted by Gasteiger charge is -2.24. The van der Waals surface area contributed by atoms with E-state index in [9.17, 15) is 8.42 Å². The van der Waals surface area contributed by atoms with Crippen molar-refractivity contribution in [1.29, 1.82) is 0 Å². The first-order chi connectivity index (χ1) is 7.93. The molecule has 0 aliphatic rings. The lowest BCUT2D eigenvalue weighted by molar-refractivity contribution is 0.360. The molecule has 6 nitrogen and oxygen atoms in total. The number of aromatic nitrogens is 2. The van der Waals surface area contributed by atoms with Crippen LogP contribution in [0.5, 0.6) is 0 Å². The number of sulfonamides is 1. The molecule has 98 valence electrons. The summed E-state index contributed by atoms with van der Waals surface area (Å²) < 4.78 is 27.7. The Labute approximate surface area is 102 Å². The third kappa shape index (κ3) is 3.05. The van der Waals surface area contributed by atoms with Gasteiger partial charge in [0.2, 0.25) is 0 Å². The van der Waals surface area contributed by atoms with Gasteiger partial charge in [0.25, 0.3) is 10.0 Å². The molecule has 0 saturated heterocycles. The maximum absolute atomic E-state index is 12.3. The molecule has 0 unspecified atom stereocenters. The molecule has 0 radical (unpaired) electrons. The molecule has 0 fully saturated rings. The second-order valence-electron chi connectivity index (χ2n) is 4.04. The zero-order chi connectivity index (χ0) is 13.1. The molecule has 0 bridgehead atoms. The molecule has 17 heavy (non-hydrogen) atoms. The average Bonchev–Trinajstić information content (AvgIpc) is 2.74. The molecule has 0 saturated carbocycles. The Morgan fingerprint density at radius 1 is 1.53 bits per heavy atom. The number of nitrogens with zero attached hydrogens (tertiary/aromatic N) is 3. The molecule has 0 atom stereocenters. The van der Waals surface area contributed by atoms with Gasteiger partial charge in [-0.25, -0.2) is 13.4 Å². The van der Waals surface area contributed by atoms with E-state index in [1.807, 2.05) is 20.8 Å². The average molecular weight is 260 g/mol. The number of aryl methyl sites for hydroxylation is 1. The van der Waals surface area contributed by atoms with E-state index in [2.05, 4.69) is 4.98 Å². The molecule has 0 spiro atoms. The first-order valence-corrected chi connectivity index (χ1v) is 7.11. The summed E-state index contributed by atoms with van der Waals surface area (Å²) in [6.45, 7) is 6.87. The van der Waals surface area contributed by atoms with Gasteiger partial charge in [-0.1, -0.05) is 0 Å². The topological polar surface area (TPSA) is 81.2 Å². The van der Waals surface area contributed by atoms with Gasteiger partial charge in [0, 0.05) is 31.9 Å². The third-order valence-corrected chi connectivity index (χ3v) is 4.43. The lowest BCUT2D eigenvalue weighted by Crippen LogP contribution is -2.40. The Kier molecular flexibility index (Phi) is 4.67. The van der Waals surface area contributed by atoms with Gasteiger partial charge in [0.05, 0.1) is 6.33 Å². The van der Waals surface area contributed by atoms with Crippen molar-refractivity contribution in [3.63, 3.8) is 0 Å². The molecule has 0 aliphatic heterocycles. The Morgan fingerprint density at radius 2 is 2.18 bits per heavy atom. The molecule has 1 rings (SSSR count). The fourth-order valence-corrected chi connectivity index (χ4v) is 3.14. The van der Waals surface area contributed by atoms with Crippen LogP contribution in [0.1, 0.15) is 20.8 Å². The molecular weight excluding hydrogens is 240 g/mol. The fourth-order valence-electron chi connectivity index (χ4n) is 1.55. The number of nitrogens with two attached hydrogens (primary N) is 1. The van der Waals surface area contributed by atoms with Crippen molar-refractivity contribution in [2.45, 2.75) is 38.4 Å². The van der Waals surface area contributed by atoms with Gasteiger partial charge in [0.1, 0.15) is 0 Å². The summed E-state index contributed by atoms with van der Waals surface area (Å²) in [5.41, 5.74) is 5.44. The van der Waals surface area contributed by atoms with Crippen LogP contribution in [-0.4, -0.2) is 41.4 Å². The Hall–Kier alpha value is -0.920. The van der Waals surface area contributed by atoms with Crippen molar-refractivity contribution >= 4 is 10.0 Å². The SMILES string of the molecule is CCn1cnc(S(=O)(=O)N(CCN)C(C)C)c1. The molecule has 1 heterocycles. The van der Waals surface area contributed by atoms with Crippen LogP contribution in [0.4, 0.5) is 0 Å². The number of hydrogen-bond acceptors (Lipinski definition) is 4. The summed E-state index contributed by atoms with van der Waals surface area (Å²) in [4.78, 5) is 3.94. The molecule has 0 aliphatic carbocycles. The van der Waals surface area contributed by atoms with E-state index in [4.69, 9.17) is 5.73 Å². The highest BCUT2D eigenvalue weighted by Crippen LogP contribution is 2.15. The van der Waals surface area contributed by atoms with E-state index in [1.54, 1.807) is 10.8 Å². The van der Waals surface area contributed by atoms with Crippen molar-refractivity contribution in [3.8, 4) is 0 Å². The lowest BCUT2D eigenvalue weighted by atomic mass is 10.4. The minimum Gasteiger partial charge on any atom is -0.336 e. The van der Waals surface area contributed by atoms with E-state index in [0.717, 1.165) is 0 Å². The molecule has 1 aromatic rings. The highest BCUT2D eigenvalue weighted by atomic mass is 32.2. The summed E-state index contributed by atoms with van der Waals surface area (Å²) in [6, 6.07) is -0.129. The summed E-state index contributed by atoms with van der Waals surface area (Å²) in [5.74, 6) is 0. The largest absolute Gasteiger partial charge is 0.336 e.